The lowest BCUT2D eigenvalue weighted by atomic mass is 10.2. The third kappa shape index (κ3) is 2.63. The first-order valence-corrected chi connectivity index (χ1v) is 6.40. The van der Waals surface area contributed by atoms with Crippen molar-refractivity contribution in [3.05, 3.63) is 39.4 Å². The van der Waals surface area contributed by atoms with Crippen LogP contribution < -0.4 is 5.32 Å². The Balaban J connectivity index is 2.24. The van der Waals surface area contributed by atoms with E-state index in [2.05, 4.69) is 10.3 Å². The Morgan fingerprint density at radius 1 is 1.44 bits per heavy atom. The van der Waals surface area contributed by atoms with Gasteiger partial charge in [-0.3, -0.25) is 10.1 Å². The maximum atomic E-state index is 11.9. The average Bonchev–Trinajstić information content (AvgIpc) is 2.61. The Hall–Kier alpha value is -1.59. The summed E-state index contributed by atoms with van der Waals surface area (Å²) in [5.74, 6) is -0.536. The van der Waals surface area contributed by atoms with E-state index < -0.39 is 5.91 Å². The van der Waals surface area contributed by atoms with E-state index in [-0.39, 0.29) is 11.3 Å². The van der Waals surface area contributed by atoms with Crippen LogP contribution in [0.2, 0.25) is 5.02 Å². The Labute approximate surface area is 113 Å². The normalized spacial score (nSPS) is 10.4. The summed E-state index contributed by atoms with van der Waals surface area (Å²) in [5, 5.41) is 13.1. The van der Waals surface area contributed by atoms with Gasteiger partial charge in [0.2, 0.25) is 0 Å². The first-order valence-electron chi connectivity index (χ1n) is 5.21. The SMILES string of the molecule is Cc1nc(NC(=O)c2cc(Cl)ccc2O)sc1C. The van der Waals surface area contributed by atoms with E-state index in [1.165, 1.54) is 29.5 Å². The average molecular weight is 283 g/mol. The number of rotatable bonds is 2. The van der Waals surface area contributed by atoms with E-state index in [9.17, 15) is 9.90 Å². The second-order valence-electron chi connectivity index (χ2n) is 3.78. The van der Waals surface area contributed by atoms with Crippen LogP contribution >= 0.6 is 22.9 Å². The van der Waals surface area contributed by atoms with E-state index in [0.29, 0.717) is 10.2 Å². The van der Waals surface area contributed by atoms with Crippen LogP contribution in [0.4, 0.5) is 5.13 Å². The molecule has 1 aromatic heterocycles. The quantitative estimate of drug-likeness (QED) is 0.888. The van der Waals surface area contributed by atoms with Crippen LogP contribution in [-0.4, -0.2) is 16.0 Å². The van der Waals surface area contributed by atoms with Crippen molar-refractivity contribution >= 4 is 34.0 Å². The fraction of sp³-hybridized carbons (Fsp3) is 0.167. The lowest BCUT2D eigenvalue weighted by molar-refractivity contribution is 0.102. The molecule has 0 bridgehead atoms. The number of thiazole rings is 1. The minimum absolute atomic E-state index is 0.109. The van der Waals surface area contributed by atoms with E-state index in [0.717, 1.165) is 10.6 Å². The number of halogens is 1. The molecule has 0 atom stereocenters. The number of amides is 1. The molecule has 1 amide bonds. The molecule has 0 saturated heterocycles. The van der Waals surface area contributed by atoms with Gasteiger partial charge in [-0.15, -0.1) is 11.3 Å². The Bertz CT molecular complexity index is 591. The molecule has 0 aliphatic heterocycles. The third-order valence-corrected chi connectivity index (χ3v) is 3.68. The fourth-order valence-corrected chi connectivity index (χ4v) is 2.36. The molecule has 1 aromatic carbocycles. The number of nitrogens with one attached hydrogen (secondary N) is 1. The number of hydrogen-bond acceptors (Lipinski definition) is 4. The number of hydrogen-bond donors (Lipinski definition) is 2. The first kappa shape index (κ1) is 12.9. The van der Waals surface area contributed by atoms with Gasteiger partial charge in [0.15, 0.2) is 5.13 Å². The molecule has 2 aromatic rings. The molecule has 0 unspecified atom stereocenters. The van der Waals surface area contributed by atoms with Gasteiger partial charge in [0.25, 0.3) is 5.91 Å². The minimum atomic E-state index is -0.427. The highest BCUT2D eigenvalue weighted by Gasteiger charge is 2.14. The van der Waals surface area contributed by atoms with Crippen molar-refractivity contribution in [3.63, 3.8) is 0 Å². The maximum absolute atomic E-state index is 11.9. The van der Waals surface area contributed by atoms with Gasteiger partial charge in [0.05, 0.1) is 11.3 Å². The van der Waals surface area contributed by atoms with Crippen LogP contribution in [0.1, 0.15) is 20.9 Å². The zero-order valence-corrected chi connectivity index (χ0v) is 11.4. The highest BCUT2D eigenvalue weighted by atomic mass is 35.5. The molecule has 0 aliphatic carbocycles. The third-order valence-electron chi connectivity index (χ3n) is 2.45. The van der Waals surface area contributed by atoms with Crippen LogP contribution in [0, 0.1) is 13.8 Å². The fourth-order valence-electron chi connectivity index (χ4n) is 1.38. The number of anilines is 1. The summed E-state index contributed by atoms with van der Waals surface area (Å²) in [6, 6.07) is 4.32. The van der Waals surface area contributed by atoms with Gasteiger partial charge >= 0.3 is 0 Å². The Kier molecular flexibility index (Phi) is 3.54. The second kappa shape index (κ2) is 4.96. The highest BCUT2D eigenvalue weighted by molar-refractivity contribution is 7.15. The lowest BCUT2D eigenvalue weighted by Gasteiger charge is -2.04. The lowest BCUT2D eigenvalue weighted by Crippen LogP contribution is -2.11. The van der Waals surface area contributed by atoms with Crippen LogP contribution in [0.5, 0.6) is 5.75 Å². The molecule has 0 radical (unpaired) electrons. The van der Waals surface area contributed by atoms with E-state index in [1.807, 2.05) is 13.8 Å². The molecule has 4 nitrogen and oxygen atoms in total. The highest BCUT2D eigenvalue weighted by Crippen LogP contribution is 2.25. The molecule has 0 fully saturated rings. The van der Waals surface area contributed by atoms with Gasteiger partial charge in [-0.2, -0.15) is 0 Å². The van der Waals surface area contributed by atoms with Crippen molar-refractivity contribution in [1.29, 1.82) is 0 Å². The van der Waals surface area contributed by atoms with Crippen LogP contribution in [0.25, 0.3) is 0 Å². The smallest absolute Gasteiger partial charge is 0.261 e. The number of phenols is 1. The van der Waals surface area contributed by atoms with E-state index >= 15 is 0 Å². The standard InChI is InChI=1S/C12H11ClN2O2S/c1-6-7(2)18-12(14-6)15-11(17)9-5-8(13)3-4-10(9)16/h3-5,16H,1-2H3,(H,14,15,17). The molecule has 2 N–H and O–H groups in total. The van der Waals surface area contributed by atoms with Crippen molar-refractivity contribution in [2.45, 2.75) is 13.8 Å². The Morgan fingerprint density at radius 3 is 2.78 bits per heavy atom. The monoisotopic (exact) mass is 282 g/mol. The van der Waals surface area contributed by atoms with Crippen LogP contribution in [-0.2, 0) is 0 Å². The number of nitrogens with zero attached hydrogens (tertiary/aromatic N) is 1. The predicted molar refractivity (Wildman–Crippen MR) is 72.7 cm³/mol. The maximum Gasteiger partial charge on any atom is 0.261 e. The molecular weight excluding hydrogens is 272 g/mol. The summed E-state index contributed by atoms with van der Waals surface area (Å²) in [7, 11) is 0. The number of aromatic hydroxyl groups is 1. The number of benzene rings is 1. The summed E-state index contributed by atoms with van der Waals surface area (Å²) < 4.78 is 0. The van der Waals surface area contributed by atoms with Gasteiger partial charge in [-0.25, -0.2) is 4.98 Å². The van der Waals surface area contributed by atoms with Crippen molar-refractivity contribution in [1.82, 2.24) is 4.98 Å². The zero-order chi connectivity index (χ0) is 13.3. The first-order chi connectivity index (χ1) is 8.47. The van der Waals surface area contributed by atoms with Crippen molar-refractivity contribution < 1.29 is 9.90 Å². The molecule has 2 rings (SSSR count). The summed E-state index contributed by atoms with van der Waals surface area (Å²) in [4.78, 5) is 17.2. The molecular formula is C12H11ClN2O2S. The molecule has 0 spiro atoms. The number of carbonyl (C=O) groups is 1. The molecule has 6 heteroatoms. The van der Waals surface area contributed by atoms with Gasteiger partial charge < -0.3 is 5.11 Å². The predicted octanol–water partition coefficient (Wildman–Crippen LogP) is 3.37. The van der Waals surface area contributed by atoms with Gasteiger partial charge in [-0.1, -0.05) is 11.6 Å². The molecule has 0 saturated carbocycles. The second-order valence-corrected chi connectivity index (χ2v) is 5.42. The summed E-state index contributed by atoms with van der Waals surface area (Å²) in [6.07, 6.45) is 0. The largest absolute Gasteiger partial charge is 0.507 e. The molecule has 1 heterocycles. The number of aryl methyl sites for hydroxylation is 2. The minimum Gasteiger partial charge on any atom is -0.507 e. The number of aromatic nitrogens is 1. The molecule has 94 valence electrons. The van der Waals surface area contributed by atoms with Crippen molar-refractivity contribution in [3.8, 4) is 5.75 Å². The molecule has 18 heavy (non-hydrogen) atoms. The Morgan fingerprint density at radius 2 is 2.17 bits per heavy atom. The van der Waals surface area contributed by atoms with Crippen LogP contribution in [0.15, 0.2) is 18.2 Å². The summed E-state index contributed by atoms with van der Waals surface area (Å²) >= 11 is 7.18. The van der Waals surface area contributed by atoms with Gasteiger partial charge in [-0.05, 0) is 32.0 Å². The number of phenolic OH excluding ortho intramolecular Hbond substituents is 1. The topological polar surface area (TPSA) is 62.2 Å². The van der Waals surface area contributed by atoms with Crippen LogP contribution in [0.3, 0.4) is 0 Å². The van der Waals surface area contributed by atoms with Crippen molar-refractivity contribution in [2.75, 3.05) is 5.32 Å². The summed E-state index contributed by atoms with van der Waals surface area (Å²) in [5.41, 5.74) is 1.01. The number of carbonyl (C=O) groups excluding carboxylic acids is 1. The molecule has 0 aliphatic rings. The van der Waals surface area contributed by atoms with E-state index in [4.69, 9.17) is 11.6 Å². The zero-order valence-electron chi connectivity index (χ0n) is 9.82. The van der Waals surface area contributed by atoms with Crippen molar-refractivity contribution in [2.24, 2.45) is 0 Å². The van der Waals surface area contributed by atoms with Gasteiger partial charge in [0.1, 0.15) is 5.75 Å². The summed E-state index contributed by atoms with van der Waals surface area (Å²) in [6.45, 7) is 3.80. The van der Waals surface area contributed by atoms with Gasteiger partial charge in [0, 0.05) is 9.90 Å². The van der Waals surface area contributed by atoms with E-state index in [1.54, 1.807) is 0 Å².